The van der Waals surface area contributed by atoms with Crippen molar-refractivity contribution in [3.63, 3.8) is 0 Å². The summed E-state index contributed by atoms with van der Waals surface area (Å²) in [4.78, 5) is 37.6. The van der Waals surface area contributed by atoms with Gasteiger partial charge in [-0.25, -0.2) is 4.79 Å². The number of carboxylic acid groups (broad SMARTS) is 1. The highest BCUT2D eigenvalue weighted by molar-refractivity contribution is 6.36. The summed E-state index contributed by atoms with van der Waals surface area (Å²) in [6.07, 6.45) is 2.52. The lowest BCUT2D eigenvalue weighted by atomic mass is 10.1. The van der Waals surface area contributed by atoms with Crippen molar-refractivity contribution in [1.29, 1.82) is 0 Å². The molecule has 2 unspecified atom stereocenters. The van der Waals surface area contributed by atoms with E-state index in [1.807, 2.05) is 0 Å². The van der Waals surface area contributed by atoms with Crippen LogP contribution in [-0.2, 0) is 14.4 Å². The van der Waals surface area contributed by atoms with Gasteiger partial charge in [0, 0.05) is 11.6 Å². The number of nitrogens with zero attached hydrogens (tertiary/aromatic N) is 1. The predicted molar refractivity (Wildman–Crippen MR) is 95.9 cm³/mol. The van der Waals surface area contributed by atoms with Gasteiger partial charge in [-0.1, -0.05) is 29.3 Å². The van der Waals surface area contributed by atoms with E-state index in [1.165, 1.54) is 4.90 Å². The molecule has 2 atom stereocenters. The van der Waals surface area contributed by atoms with Gasteiger partial charge in [-0.05, 0) is 37.5 Å². The minimum atomic E-state index is -1.14. The molecule has 8 heteroatoms. The van der Waals surface area contributed by atoms with Crippen LogP contribution in [0.5, 0.6) is 0 Å². The Labute approximate surface area is 155 Å². The number of carbonyl (C=O) groups is 3. The van der Waals surface area contributed by atoms with Crippen molar-refractivity contribution in [2.75, 3.05) is 11.4 Å². The van der Waals surface area contributed by atoms with Gasteiger partial charge >= 0.3 is 5.97 Å². The highest BCUT2D eigenvalue weighted by atomic mass is 35.5. The summed E-state index contributed by atoms with van der Waals surface area (Å²) < 4.78 is 0. The second kappa shape index (κ2) is 8.36. The van der Waals surface area contributed by atoms with E-state index in [9.17, 15) is 19.5 Å². The Morgan fingerprint density at radius 3 is 2.80 bits per heavy atom. The number of hydrogen-bond acceptors (Lipinski definition) is 3. The van der Waals surface area contributed by atoms with E-state index in [-0.39, 0.29) is 12.8 Å². The van der Waals surface area contributed by atoms with Crippen LogP contribution in [-0.4, -0.2) is 35.5 Å². The minimum Gasteiger partial charge on any atom is -0.480 e. The standard InChI is InChI=1S/C17H18Cl2N2O4/c1-2-3-4-13(17(24)25)20-15(22)11-7-8-21(16(11)23)14-9-10(18)5-6-12(14)19/h2,5-6,9,11,13H,1,3-4,7-8H2,(H,20,22)(H,24,25). The molecule has 1 fully saturated rings. The third-order valence-corrected chi connectivity index (χ3v) is 4.55. The van der Waals surface area contributed by atoms with E-state index in [0.717, 1.165) is 0 Å². The molecule has 0 spiro atoms. The predicted octanol–water partition coefficient (Wildman–Crippen LogP) is 2.88. The molecule has 1 saturated heterocycles. The fraction of sp³-hybridized carbons (Fsp3) is 0.353. The van der Waals surface area contributed by atoms with E-state index in [4.69, 9.17) is 23.2 Å². The zero-order chi connectivity index (χ0) is 18.6. The van der Waals surface area contributed by atoms with Gasteiger partial charge in [0.15, 0.2) is 0 Å². The van der Waals surface area contributed by atoms with Gasteiger partial charge in [-0.15, -0.1) is 6.58 Å². The number of aliphatic carboxylic acids is 1. The molecule has 2 N–H and O–H groups in total. The molecule has 1 aliphatic heterocycles. The van der Waals surface area contributed by atoms with Gasteiger partial charge in [0.05, 0.1) is 10.7 Å². The number of nitrogens with one attached hydrogen (secondary N) is 1. The molecule has 0 saturated carbocycles. The maximum Gasteiger partial charge on any atom is 0.326 e. The number of allylic oxidation sites excluding steroid dienone is 1. The first kappa shape index (κ1) is 19.3. The quantitative estimate of drug-likeness (QED) is 0.558. The molecule has 0 radical (unpaired) electrons. The Hall–Kier alpha value is -2.05. The second-order valence-electron chi connectivity index (χ2n) is 5.69. The van der Waals surface area contributed by atoms with Crippen LogP contribution >= 0.6 is 23.2 Å². The van der Waals surface area contributed by atoms with Crippen LogP contribution < -0.4 is 10.2 Å². The van der Waals surface area contributed by atoms with Crippen LogP contribution in [0.2, 0.25) is 10.0 Å². The lowest BCUT2D eigenvalue weighted by Gasteiger charge is -2.19. The van der Waals surface area contributed by atoms with Crippen LogP contribution in [0.25, 0.3) is 0 Å². The highest BCUT2D eigenvalue weighted by Crippen LogP contribution is 2.33. The maximum absolute atomic E-state index is 12.6. The van der Waals surface area contributed by atoms with Crippen molar-refractivity contribution in [2.24, 2.45) is 5.92 Å². The number of amides is 2. The minimum absolute atomic E-state index is 0.218. The first-order chi connectivity index (χ1) is 11.8. The monoisotopic (exact) mass is 384 g/mol. The van der Waals surface area contributed by atoms with E-state index < -0.39 is 29.7 Å². The molecule has 6 nitrogen and oxygen atoms in total. The van der Waals surface area contributed by atoms with Gasteiger partial charge < -0.3 is 15.3 Å². The van der Waals surface area contributed by atoms with Crippen molar-refractivity contribution >= 4 is 46.7 Å². The summed E-state index contributed by atoms with van der Waals surface area (Å²) >= 11 is 12.1. The first-order valence-electron chi connectivity index (χ1n) is 7.75. The highest BCUT2D eigenvalue weighted by Gasteiger charge is 2.39. The summed E-state index contributed by atoms with van der Waals surface area (Å²) in [5.74, 6) is -3.10. The molecule has 0 aliphatic carbocycles. The Morgan fingerprint density at radius 2 is 2.16 bits per heavy atom. The summed E-state index contributed by atoms with van der Waals surface area (Å²) in [7, 11) is 0. The fourth-order valence-electron chi connectivity index (χ4n) is 2.67. The van der Waals surface area contributed by atoms with Gasteiger partial charge in [0.1, 0.15) is 12.0 Å². The van der Waals surface area contributed by atoms with Gasteiger partial charge in [-0.2, -0.15) is 0 Å². The molecule has 1 aromatic rings. The number of anilines is 1. The number of halogens is 2. The van der Waals surface area contributed by atoms with Crippen LogP contribution in [0.15, 0.2) is 30.9 Å². The molecule has 25 heavy (non-hydrogen) atoms. The Kier molecular flexibility index (Phi) is 6.45. The van der Waals surface area contributed by atoms with Gasteiger partial charge in [0.2, 0.25) is 11.8 Å². The molecule has 2 rings (SSSR count). The zero-order valence-electron chi connectivity index (χ0n) is 13.4. The third kappa shape index (κ3) is 4.52. The third-order valence-electron chi connectivity index (χ3n) is 4.00. The lowest BCUT2D eigenvalue weighted by Crippen LogP contribution is -2.45. The van der Waals surface area contributed by atoms with Crippen LogP contribution in [0.1, 0.15) is 19.3 Å². The molecule has 2 amide bonds. The largest absolute Gasteiger partial charge is 0.480 e. The van der Waals surface area contributed by atoms with E-state index in [1.54, 1.807) is 24.3 Å². The molecule has 1 aromatic carbocycles. The topological polar surface area (TPSA) is 86.7 Å². The smallest absolute Gasteiger partial charge is 0.326 e. The van der Waals surface area contributed by atoms with Crippen molar-refractivity contribution in [3.8, 4) is 0 Å². The number of benzene rings is 1. The SMILES string of the molecule is C=CCCC(NC(=O)C1CCN(c2cc(Cl)ccc2Cl)C1=O)C(=O)O. The molecular formula is C17H18Cl2N2O4. The molecule has 1 heterocycles. The van der Waals surface area contributed by atoms with Crippen LogP contribution in [0.3, 0.4) is 0 Å². The van der Waals surface area contributed by atoms with Gasteiger partial charge in [-0.3, -0.25) is 9.59 Å². The van der Waals surface area contributed by atoms with E-state index in [2.05, 4.69) is 11.9 Å². The normalized spacial score (nSPS) is 18.1. The van der Waals surface area contributed by atoms with Crippen molar-refractivity contribution in [2.45, 2.75) is 25.3 Å². The van der Waals surface area contributed by atoms with E-state index >= 15 is 0 Å². The number of carbonyl (C=O) groups excluding carboxylic acids is 2. The molecule has 1 aliphatic rings. The average Bonchev–Trinajstić information content (AvgIpc) is 2.94. The van der Waals surface area contributed by atoms with Crippen LogP contribution in [0, 0.1) is 5.92 Å². The molecule has 0 aromatic heterocycles. The number of rotatable bonds is 7. The maximum atomic E-state index is 12.6. The molecule has 0 bridgehead atoms. The number of hydrogen-bond donors (Lipinski definition) is 2. The Bertz CT molecular complexity index is 708. The zero-order valence-corrected chi connectivity index (χ0v) is 14.9. The molecular weight excluding hydrogens is 367 g/mol. The summed E-state index contributed by atoms with van der Waals surface area (Å²) in [5.41, 5.74) is 0.441. The van der Waals surface area contributed by atoms with Crippen LogP contribution in [0.4, 0.5) is 5.69 Å². The average molecular weight is 385 g/mol. The molecule has 134 valence electrons. The Morgan fingerprint density at radius 1 is 1.44 bits per heavy atom. The van der Waals surface area contributed by atoms with Crippen molar-refractivity contribution in [1.82, 2.24) is 5.32 Å². The fourth-order valence-corrected chi connectivity index (χ4v) is 3.06. The summed E-state index contributed by atoms with van der Waals surface area (Å²) in [6, 6.07) is 3.69. The number of carboxylic acids is 1. The lowest BCUT2D eigenvalue weighted by molar-refractivity contribution is -0.143. The van der Waals surface area contributed by atoms with Crippen molar-refractivity contribution in [3.05, 3.63) is 40.9 Å². The Balaban J connectivity index is 2.10. The second-order valence-corrected chi connectivity index (χ2v) is 6.54. The van der Waals surface area contributed by atoms with Crippen molar-refractivity contribution < 1.29 is 19.5 Å². The first-order valence-corrected chi connectivity index (χ1v) is 8.51. The van der Waals surface area contributed by atoms with Gasteiger partial charge in [0.25, 0.3) is 0 Å². The van der Waals surface area contributed by atoms with E-state index in [0.29, 0.717) is 28.7 Å². The summed E-state index contributed by atoms with van der Waals surface area (Å²) in [6.45, 7) is 3.84. The summed E-state index contributed by atoms with van der Waals surface area (Å²) in [5, 5.41) is 12.4.